The zero-order valence-corrected chi connectivity index (χ0v) is 45.4. The van der Waals surface area contributed by atoms with E-state index < -0.39 is 37.4 Å². The molecule has 1 unspecified atom stereocenters. The molecular weight excluding hydrogens is 1020 g/mol. The molecule has 3 aliphatic rings. The largest absolute Gasteiger partial charge is 0.481 e. The quantitative estimate of drug-likeness (QED) is 0.0390. The lowest BCUT2D eigenvalue weighted by Gasteiger charge is -2.30. The predicted octanol–water partition coefficient (Wildman–Crippen LogP) is 4.82. The Bertz CT molecular complexity index is 2410. The molecule has 0 saturated heterocycles. The molecule has 2 heterocycles. The highest BCUT2D eigenvalue weighted by Gasteiger charge is 2.43. The van der Waals surface area contributed by atoms with Crippen LogP contribution in [0.15, 0.2) is 75.9 Å². The molecule has 1 aromatic rings. The fraction of sp³-hybridized carbons (Fsp3) is 0.615. The number of allylic oxidation sites excluding steroid dienone is 3. The van der Waals surface area contributed by atoms with Gasteiger partial charge in [-0.3, -0.25) is 13.9 Å². The van der Waals surface area contributed by atoms with Gasteiger partial charge in [-0.1, -0.05) is 18.6 Å². The molecule has 1 atom stereocenters. The van der Waals surface area contributed by atoms with Gasteiger partial charge in [0.1, 0.15) is 19.0 Å². The van der Waals surface area contributed by atoms with Gasteiger partial charge < -0.3 is 61.8 Å². The fourth-order valence-electron chi connectivity index (χ4n) is 8.26. The van der Waals surface area contributed by atoms with Crippen LogP contribution in [0.2, 0.25) is 0 Å². The summed E-state index contributed by atoms with van der Waals surface area (Å²) in [6, 6.07) is 12.1. The van der Waals surface area contributed by atoms with Crippen LogP contribution in [0.3, 0.4) is 0 Å². The van der Waals surface area contributed by atoms with Crippen LogP contribution in [0, 0.1) is 0 Å². The lowest BCUT2D eigenvalue weighted by atomic mass is 9.77. The Labute approximate surface area is 442 Å². The first-order valence-electron chi connectivity index (χ1n) is 25.3. The Balaban J connectivity index is 1.51. The van der Waals surface area contributed by atoms with Crippen LogP contribution in [0.4, 0.5) is 5.69 Å². The van der Waals surface area contributed by atoms with E-state index in [0.717, 1.165) is 22.2 Å². The number of benzene rings is 2. The van der Waals surface area contributed by atoms with E-state index in [0.29, 0.717) is 175 Å². The Hall–Kier alpha value is -4.18. The Morgan fingerprint density at radius 3 is 1.71 bits per heavy atom. The molecule has 75 heavy (non-hydrogen) atoms. The van der Waals surface area contributed by atoms with Gasteiger partial charge in [-0.2, -0.15) is 16.8 Å². The minimum absolute atomic E-state index is 0.0235. The Kier molecular flexibility index (Phi) is 29.8. The molecule has 2 aliphatic heterocycles. The molecule has 1 aromatic carbocycles. The van der Waals surface area contributed by atoms with Crippen LogP contribution >= 0.6 is 0 Å². The summed E-state index contributed by atoms with van der Waals surface area (Å²) in [5, 5.41) is 10.1. The van der Waals surface area contributed by atoms with E-state index in [1.54, 1.807) is 26.5 Å². The second-order valence-corrected chi connectivity index (χ2v) is 20.6. The van der Waals surface area contributed by atoms with Crippen molar-refractivity contribution in [3.63, 3.8) is 0 Å². The second kappa shape index (κ2) is 35.3. The number of hydrogen-bond acceptors (Lipinski definition) is 17. The monoisotopic (exact) mass is 1100 g/mol. The van der Waals surface area contributed by atoms with E-state index in [1.807, 2.05) is 54.3 Å². The first-order chi connectivity index (χ1) is 36.2. The van der Waals surface area contributed by atoms with Crippen molar-refractivity contribution in [1.82, 2.24) is 4.58 Å². The van der Waals surface area contributed by atoms with E-state index in [-0.39, 0.29) is 24.2 Å². The van der Waals surface area contributed by atoms with Crippen molar-refractivity contribution in [2.45, 2.75) is 55.8 Å². The molecule has 0 spiro atoms. The SMILES string of the molecule is COCCOCCOCCOCCOCC[N+](CCOCCOCCOCCOCCOC)=c1ccc2c(/C=C/C=C3/N(CCCCCC(=O)O)c4ccc(S(=O)(=O)O)cc4C3(C)CCCS(=O)(=O)O)ccoc-2c1. The van der Waals surface area contributed by atoms with Gasteiger partial charge in [0, 0.05) is 55.6 Å². The first-order valence-corrected chi connectivity index (χ1v) is 28.4. The average Bonchev–Trinajstić information content (AvgIpc) is 3.60. The number of carboxylic acid groups (broad SMARTS) is 1. The van der Waals surface area contributed by atoms with E-state index >= 15 is 0 Å². The maximum absolute atomic E-state index is 12.3. The van der Waals surface area contributed by atoms with E-state index in [4.69, 9.17) is 51.8 Å². The number of unbranched alkanes of at least 4 members (excludes halogenated alkanes) is 2. The number of carboxylic acids is 1. The maximum atomic E-state index is 12.3. The zero-order valence-electron chi connectivity index (χ0n) is 43.7. The lowest BCUT2D eigenvalue weighted by molar-refractivity contribution is -0.137. The van der Waals surface area contributed by atoms with Gasteiger partial charge >= 0.3 is 5.97 Å². The number of fused-ring (bicyclic) bond motifs is 2. The zero-order chi connectivity index (χ0) is 54.2. The standard InChI is InChI=1S/C52H78N2O19S2/c1-52(17-8-40-74(57,58)59)47-42-45(75(60,61)62)13-15-48(47)54(18-6-4-5-11-51(55)56)50(52)10-7-9-43-16-21-73-49-41-44(12-14-46(43)49)53(19-22-65-28-30-69-36-38-71-34-32-67-26-24-63-2)20-23-66-29-31-70-37-39-72-35-33-68-27-25-64-3/h7,9-10,12-16,21,41-42H,4-6,8,11,17-20,22-40H2,1-3H3,(H2-,55,56,57,58,59,60,61,62)/p+1. The Morgan fingerprint density at radius 1 is 0.667 bits per heavy atom. The van der Waals surface area contributed by atoms with Crippen molar-refractivity contribution in [2.24, 2.45) is 0 Å². The smallest absolute Gasteiger partial charge is 0.303 e. The van der Waals surface area contributed by atoms with E-state index in [1.165, 1.54) is 12.1 Å². The predicted molar refractivity (Wildman–Crippen MR) is 280 cm³/mol. The minimum atomic E-state index is -4.59. The van der Waals surface area contributed by atoms with Crippen LogP contribution in [0.1, 0.15) is 56.6 Å². The highest BCUT2D eigenvalue weighted by Crippen LogP contribution is 2.51. The number of carbonyl (C=O) groups is 1. The average molecular weight is 1100 g/mol. The number of nitrogens with zero attached hydrogens (tertiary/aromatic N) is 2. The van der Waals surface area contributed by atoms with Gasteiger partial charge in [-0.25, -0.2) is 4.58 Å². The molecule has 0 aromatic heterocycles. The van der Waals surface area contributed by atoms with Crippen LogP contribution < -0.4 is 14.8 Å². The van der Waals surface area contributed by atoms with Crippen LogP contribution in [-0.4, -0.2) is 196 Å². The first kappa shape index (κ1) is 63.4. The highest BCUT2D eigenvalue weighted by molar-refractivity contribution is 7.86. The number of ether oxygens (including phenoxy) is 10. The fourth-order valence-corrected chi connectivity index (χ4v) is 9.27. The van der Waals surface area contributed by atoms with Crippen molar-refractivity contribution in [3.05, 3.63) is 83.1 Å². The molecule has 1 aliphatic carbocycles. The lowest BCUT2D eigenvalue weighted by Crippen LogP contribution is -2.36. The van der Waals surface area contributed by atoms with E-state index in [2.05, 4.69) is 4.58 Å². The number of anilines is 1. The van der Waals surface area contributed by atoms with Gasteiger partial charge in [-0.05, 0) is 80.1 Å². The summed E-state index contributed by atoms with van der Waals surface area (Å²) in [5.74, 6) is -0.777. The van der Waals surface area contributed by atoms with Crippen LogP contribution in [0.5, 0.6) is 0 Å². The molecule has 23 heteroatoms. The molecule has 21 nitrogen and oxygen atoms in total. The number of hydrogen-bond donors (Lipinski definition) is 3. The summed E-state index contributed by atoms with van der Waals surface area (Å²) in [7, 11) is -5.64. The molecule has 0 saturated carbocycles. The van der Waals surface area contributed by atoms with Gasteiger partial charge in [-0.15, -0.1) is 0 Å². The van der Waals surface area contributed by atoms with Gasteiger partial charge in [0.25, 0.3) is 20.2 Å². The molecule has 0 bridgehead atoms. The van der Waals surface area contributed by atoms with Crippen molar-refractivity contribution >= 4 is 38.0 Å². The van der Waals surface area contributed by atoms with Gasteiger partial charge in [0.05, 0.1) is 129 Å². The van der Waals surface area contributed by atoms with E-state index in [9.17, 15) is 35.8 Å². The van der Waals surface area contributed by atoms with Crippen molar-refractivity contribution in [2.75, 3.05) is 163 Å². The summed E-state index contributed by atoms with van der Waals surface area (Å²) in [6.07, 6.45) is 9.24. The van der Waals surface area contributed by atoms with Crippen molar-refractivity contribution < 1.29 is 87.6 Å². The number of aliphatic carboxylic acids is 1. The van der Waals surface area contributed by atoms with Gasteiger partial charge in [0.2, 0.25) is 5.36 Å². The van der Waals surface area contributed by atoms with Crippen molar-refractivity contribution in [3.8, 4) is 11.3 Å². The molecule has 0 amide bonds. The molecule has 4 rings (SSSR count). The van der Waals surface area contributed by atoms with Crippen LogP contribution in [0.25, 0.3) is 17.4 Å². The minimum Gasteiger partial charge on any atom is -0.481 e. The summed E-state index contributed by atoms with van der Waals surface area (Å²) in [6.45, 7) is 11.7. The Morgan fingerprint density at radius 2 is 1.20 bits per heavy atom. The van der Waals surface area contributed by atoms with Gasteiger partial charge in [0.15, 0.2) is 13.1 Å². The highest BCUT2D eigenvalue weighted by atomic mass is 32.2. The molecule has 0 radical (unpaired) electrons. The maximum Gasteiger partial charge on any atom is 0.303 e. The number of rotatable bonds is 43. The summed E-state index contributed by atoms with van der Waals surface area (Å²) >= 11 is 0. The third-order valence-corrected chi connectivity index (χ3v) is 13.7. The summed E-state index contributed by atoms with van der Waals surface area (Å²) in [4.78, 5) is 12.9. The summed E-state index contributed by atoms with van der Waals surface area (Å²) < 4.78 is 131. The molecule has 3 N–H and O–H groups in total. The normalized spacial score (nSPS) is 15.5. The topological polar surface area (TPSA) is 258 Å². The third kappa shape index (κ3) is 23.9. The molecule has 422 valence electrons. The number of methoxy groups -OCH3 is 2. The van der Waals surface area contributed by atoms with Crippen molar-refractivity contribution in [1.29, 1.82) is 0 Å². The summed E-state index contributed by atoms with van der Waals surface area (Å²) in [5.41, 5.74) is 2.65. The molecular formula is C52H79N2O19S2+. The van der Waals surface area contributed by atoms with Crippen LogP contribution in [-0.2, 0) is 77.8 Å². The second-order valence-electron chi connectivity index (χ2n) is 17.6. The molecule has 0 fully saturated rings. The third-order valence-electron chi connectivity index (χ3n) is 12.1.